The Bertz CT molecular complexity index is 369. The van der Waals surface area contributed by atoms with E-state index in [2.05, 4.69) is 11.1 Å². The number of alkyl halides is 3. The SMILES string of the molecule is CCCCCCCCCCOC(CC)OS(=O)(=O)C(F)(F)F. The normalized spacial score (nSPS) is 14.2. The Morgan fingerprint density at radius 2 is 1.41 bits per heavy atom. The second kappa shape index (κ2) is 11.2. The maximum Gasteiger partial charge on any atom is 0.523 e. The van der Waals surface area contributed by atoms with E-state index in [1.54, 1.807) is 0 Å². The minimum atomic E-state index is -5.59. The van der Waals surface area contributed by atoms with Crippen LogP contribution < -0.4 is 0 Å². The van der Waals surface area contributed by atoms with Gasteiger partial charge in [-0.1, -0.05) is 58.8 Å². The van der Waals surface area contributed by atoms with Crippen molar-refractivity contribution in [3.05, 3.63) is 0 Å². The molecule has 0 amide bonds. The highest BCUT2D eigenvalue weighted by molar-refractivity contribution is 7.87. The van der Waals surface area contributed by atoms with E-state index in [9.17, 15) is 21.6 Å². The molecule has 0 fully saturated rings. The minimum absolute atomic E-state index is 0.0341. The molecule has 0 saturated carbocycles. The molecule has 0 aromatic carbocycles. The molecule has 4 nitrogen and oxygen atoms in total. The molecule has 1 unspecified atom stereocenters. The second-order valence-corrected chi connectivity index (χ2v) is 6.74. The topological polar surface area (TPSA) is 52.6 Å². The molecule has 0 aliphatic heterocycles. The zero-order chi connectivity index (χ0) is 17.1. The number of halogens is 3. The van der Waals surface area contributed by atoms with E-state index in [4.69, 9.17) is 4.74 Å². The van der Waals surface area contributed by atoms with E-state index in [0.717, 1.165) is 19.3 Å². The van der Waals surface area contributed by atoms with Crippen LogP contribution in [-0.2, 0) is 19.0 Å². The van der Waals surface area contributed by atoms with Crippen molar-refractivity contribution in [2.24, 2.45) is 0 Å². The summed E-state index contributed by atoms with van der Waals surface area (Å²) < 4.78 is 67.4. The summed E-state index contributed by atoms with van der Waals surface area (Å²) in [6, 6.07) is 0. The third-order valence-electron chi connectivity index (χ3n) is 3.15. The molecule has 0 saturated heterocycles. The molecule has 0 bridgehead atoms. The summed E-state index contributed by atoms with van der Waals surface area (Å²) in [7, 11) is -5.59. The summed E-state index contributed by atoms with van der Waals surface area (Å²) in [4.78, 5) is 0. The second-order valence-electron chi connectivity index (χ2n) is 5.18. The van der Waals surface area contributed by atoms with Crippen LogP contribution in [0.25, 0.3) is 0 Å². The van der Waals surface area contributed by atoms with Crippen LogP contribution in [0.4, 0.5) is 13.2 Å². The lowest BCUT2D eigenvalue weighted by Gasteiger charge is -2.17. The first-order valence-electron chi connectivity index (χ1n) is 7.85. The molecule has 134 valence electrons. The van der Waals surface area contributed by atoms with Gasteiger partial charge in [-0.2, -0.15) is 21.6 Å². The Morgan fingerprint density at radius 3 is 1.86 bits per heavy atom. The molecule has 1 atom stereocenters. The van der Waals surface area contributed by atoms with Gasteiger partial charge in [-0.15, -0.1) is 0 Å². The summed E-state index contributed by atoms with van der Waals surface area (Å²) in [5.41, 5.74) is -5.41. The molecule has 0 N–H and O–H groups in total. The van der Waals surface area contributed by atoms with Gasteiger partial charge in [0.05, 0.1) is 0 Å². The molecule has 22 heavy (non-hydrogen) atoms. The van der Waals surface area contributed by atoms with E-state index in [1.165, 1.54) is 32.6 Å². The monoisotopic (exact) mass is 348 g/mol. The molecule has 0 aromatic rings. The van der Waals surface area contributed by atoms with Gasteiger partial charge in [0.25, 0.3) is 0 Å². The van der Waals surface area contributed by atoms with Gasteiger partial charge in [0.15, 0.2) is 6.29 Å². The van der Waals surface area contributed by atoms with Crippen molar-refractivity contribution in [2.75, 3.05) is 6.61 Å². The minimum Gasteiger partial charge on any atom is -0.351 e. The fourth-order valence-corrected chi connectivity index (χ4v) is 2.44. The molecule has 0 radical (unpaired) electrons. The number of hydrogen-bond acceptors (Lipinski definition) is 4. The summed E-state index contributed by atoms with van der Waals surface area (Å²) in [5, 5.41) is 0. The molecule has 8 heteroatoms. The smallest absolute Gasteiger partial charge is 0.351 e. The predicted molar refractivity (Wildman–Crippen MR) is 78.7 cm³/mol. The van der Waals surface area contributed by atoms with Crippen LogP contribution in [0.1, 0.15) is 71.6 Å². The average Bonchev–Trinajstić information content (AvgIpc) is 2.42. The van der Waals surface area contributed by atoms with Crippen LogP contribution in [-0.4, -0.2) is 26.8 Å². The molecule has 0 spiro atoms. The van der Waals surface area contributed by atoms with Crippen LogP contribution in [0.2, 0.25) is 0 Å². The predicted octanol–water partition coefficient (Wildman–Crippen LogP) is 4.75. The van der Waals surface area contributed by atoms with Crippen LogP contribution in [0.5, 0.6) is 0 Å². The van der Waals surface area contributed by atoms with Crippen LogP contribution in [0.3, 0.4) is 0 Å². The summed E-state index contributed by atoms with van der Waals surface area (Å²) in [5.74, 6) is 0. The fraction of sp³-hybridized carbons (Fsp3) is 1.00. The Labute approximate surface area is 131 Å². The van der Waals surface area contributed by atoms with Gasteiger partial charge in [-0.05, 0) is 12.8 Å². The third kappa shape index (κ3) is 9.63. The molecule has 0 aliphatic carbocycles. The maximum atomic E-state index is 12.2. The Morgan fingerprint density at radius 1 is 0.909 bits per heavy atom. The van der Waals surface area contributed by atoms with Crippen molar-refractivity contribution in [3.63, 3.8) is 0 Å². The largest absolute Gasteiger partial charge is 0.523 e. The lowest BCUT2D eigenvalue weighted by atomic mass is 10.1. The molecule has 0 heterocycles. The summed E-state index contributed by atoms with van der Waals surface area (Å²) >= 11 is 0. The van der Waals surface area contributed by atoms with Crippen LogP contribution in [0.15, 0.2) is 0 Å². The lowest BCUT2D eigenvalue weighted by molar-refractivity contribution is -0.105. The molecule has 0 rings (SSSR count). The standard InChI is InChI=1S/C14H27F3O4S/c1-3-5-6-7-8-9-10-11-12-20-13(4-2)21-22(18,19)14(15,16)17/h13H,3-12H2,1-2H3. The first-order valence-corrected chi connectivity index (χ1v) is 9.26. The Balaban J connectivity index is 3.80. The van der Waals surface area contributed by atoms with Gasteiger partial charge >= 0.3 is 15.6 Å². The van der Waals surface area contributed by atoms with Crippen molar-refractivity contribution < 1.29 is 30.5 Å². The quantitative estimate of drug-likeness (QED) is 0.209. The Hall–Kier alpha value is -0.340. The van der Waals surface area contributed by atoms with Gasteiger partial charge in [0.2, 0.25) is 0 Å². The fourth-order valence-electron chi connectivity index (χ4n) is 1.86. The first-order chi connectivity index (χ1) is 10.2. The third-order valence-corrected chi connectivity index (χ3v) is 4.19. The van der Waals surface area contributed by atoms with Crippen molar-refractivity contribution in [2.45, 2.75) is 83.4 Å². The van der Waals surface area contributed by atoms with Gasteiger partial charge in [0.1, 0.15) is 0 Å². The Kier molecular flexibility index (Phi) is 11.1. The van der Waals surface area contributed by atoms with E-state index in [1.807, 2.05) is 0 Å². The summed E-state index contributed by atoms with van der Waals surface area (Å²) in [6.45, 7) is 3.85. The highest BCUT2D eigenvalue weighted by Crippen LogP contribution is 2.26. The van der Waals surface area contributed by atoms with Gasteiger partial charge < -0.3 is 4.74 Å². The van der Waals surface area contributed by atoms with Gasteiger partial charge in [0, 0.05) is 6.61 Å². The molecular weight excluding hydrogens is 321 g/mol. The van der Waals surface area contributed by atoms with E-state index < -0.39 is 21.9 Å². The number of rotatable bonds is 13. The van der Waals surface area contributed by atoms with Crippen molar-refractivity contribution in [3.8, 4) is 0 Å². The van der Waals surface area contributed by atoms with Crippen LogP contribution in [0, 0.1) is 0 Å². The van der Waals surface area contributed by atoms with E-state index >= 15 is 0 Å². The summed E-state index contributed by atoms with van der Waals surface area (Å²) in [6.07, 6.45) is 7.30. The van der Waals surface area contributed by atoms with Crippen LogP contribution >= 0.6 is 0 Å². The molecular formula is C14H27F3O4S. The zero-order valence-electron chi connectivity index (χ0n) is 13.3. The lowest BCUT2D eigenvalue weighted by Crippen LogP contribution is -2.31. The molecule has 0 aliphatic rings. The zero-order valence-corrected chi connectivity index (χ0v) is 14.1. The average molecular weight is 348 g/mol. The maximum absolute atomic E-state index is 12.2. The van der Waals surface area contributed by atoms with Gasteiger partial charge in [-0.25, -0.2) is 4.18 Å². The van der Waals surface area contributed by atoms with Gasteiger partial charge in [-0.3, -0.25) is 0 Å². The highest BCUT2D eigenvalue weighted by Gasteiger charge is 2.48. The van der Waals surface area contributed by atoms with Crippen molar-refractivity contribution >= 4 is 10.1 Å². The van der Waals surface area contributed by atoms with E-state index in [0.29, 0.717) is 6.42 Å². The van der Waals surface area contributed by atoms with Crippen molar-refractivity contribution in [1.29, 1.82) is 0 Å². The van der Waals surface area contributed by atoms with E-state index in [-0.39, 0.29) is 13.0 Å². The number of ether oxygens (including phenoxy) is 1. The molecule has 0 aromatic heterocycles. The number of hydrogen-bond donors (Lipinski definition) is 0. The van der Waals surface area contributed by atoms with Crippen molar-refractivity contribution in [1.82, 2.24) is 0 Å². The first kappa shape index (κ1) is 21.7. The number of unbranched alkanes of at least 4 members (excludes halogenated alkanes) is 7. The highest BCUT2D eigenvalue weighted by atomic mass is 32.2.